The van der Waals surface area contributed by atoms with E-state index in [2.05, 4.69) is 15.3 Å². The summed E-state index contributed by atoms with van der Waals surface area (Å²) < 4.78 is 0. The molecule has 1 N–H and O–H groups in total. The molecule has 1 fully saturated rings. The fourth-order valence-corrected chi connectivity index (χ4v) is 1.45. The quantitative estimate of drug-likeness (QED) is 0.708. The predicted molar refractivity (Wildman–Crippen MR) is 55.3 cm³/mol. The Morgan fingerprint density at radius 2 is 2.18 bits per heavy atom. The van der Waals surface area contributed by atoms with Crippen LogP contribution < -0.4 is 5.32 Å². The summed E-state index contributed by atoms with van der Waals surface area (Å²) >= 11 is 0. The molecule has 7 nitrogen and oxygen atoms in total. The van der Waals surface area contributed by atoms with E-state index in [1.165, 1.54) is 19.4 Å². The van der Waals surface area contributed by atoms with Gasteiger partial charge in [0.05, 0.1) is 12.2 Å². The molecule has 0 radical (unpaired) electrons. The van der Waals surface area contributed by atoms with E-state index < -0.39 is 23.8 Å². The number of carbonyl (C=O) groups is 3. The summed E-state index contributed by atoms with van der Waals surface area (Å²) in [6, 6.07) is 0.887. The number of aromatic nitrogens is 2. The van der Waals surface area contributed by atoms with Crippen LogP contribution in [0.15, 0.2) is 18.6 Å². The Hall–Kier alpha value is -2.31. The molecule has 88 valence electrons. The lowest BCUT2D eigenvalue weighted by atomic mass is 10.1. The number of barbiturate groups is 1. The van der Waals surface area contributed by atoms with Crippen LogP contribution in [0.2, 0.25) is 0 Å². The van der Waals surface area contributed by atoms with Gasteiger partial charge in [-0.15, -0.1) is 0 Å². The van der Waals surface area contributed by atoms with E-state index >= 15 is 0 Å². The van der Waals surface area contributed by atoms with Crippen molar-refractivity contribution >= 4 is 17.8 Å². The molecule has 1 atom stereocenters. The number of carbonyl (C=O) groups excluding carboxylic acids is 3. The molecule has 1 aromatic heterocycles. The first-order chi connectivity index (χ1) is 8.09. The Balaban J connectivity index is 2.18. The molecule has 4 amide bonds. The molecule has 1 aromatic rings. The Morgan fingerprint density at radius 1 is 1.41 bits per heavy atom. The molecule has 2 rings (SSSR count). The standard InChI is InChI=1S/C10H10N4O3/c1-6-8(15)13-10(17)14(9(6)16)4-7-2-3-11-5-12-7/h2-3,5-6H,4H2,1H3,(H,13,15,17). The van der Waals surface area contributed by atoms with E-state index in [-0.39, 0.29) is 6.54 Å². The summed E-state index contributed by atoms with van der Waals surface area (Å²) in [7, 11) is 0. The zero-order chi connectivity index (χ0) is 12.4. The first-order valence-corrected chi connectivity index (χ1v) is 5.00. The van der Waals surface area contributed by atoms with Crippen LogP contribution in [0.5, 0.6) is 0 Å². The van der Waals surface area contributed by atoms with E-state index in [0.717, 1.165) is 4.90 Å². The highest BCUT2D eigenvalue weighted by molar-refractivity contribution is 6.15. The summed E-state index contributed by atoms with van der Waals surface area (Å²) in [6.07, 6.45) is 2.85. The highest BCUT2D eigenvalue weighted by atomic mass is 16.2. The van der Waals surface area contributed by atoms with Gasteiger partial charge in [-0.3, -0.25) is 19.8 Å². The zero-order valence-electron chi connectivity index (χ0n) is 9.08. The van der Waals surface area contributed by atoms with Crippen LogP contribution >= 0.6 is 0 Å². The second kappa shape index (κ2) is 4.28. The number of nitrogens with one attached hydrogen (secondary N) is 1. The summed E-state index contributed by atoms with van der Waals surface area (Å²) in [5.74, 6) is -1.94. The van der Waals surface area contributed by atoms with Crippen LogP contribution in [0.1, 0.15) is 12.6 Å². The van der Waals surface area contributed by atoms with Gasteiger partial charge in [0.2, 0.25) is 11.8 Å². The number of amides is 4. The third kappa shape index (κ3) is 2.12. The first kappa shape index (κ1) is 11.2. The van der Waals surface area contributed by atoms with Crippen molar-refractivity contribution in [2.75, 3.05) is 0 Å². The van der Waals surface area contributed by atoms with Gasteiger partial charge in [-0.1, -0.05) is 0 Å². The number of nitrogens with zero attached hydrogens (tertiary/aromatic N) is 3. The van der Waals surface area contributed by atoms with Gasteiger partial charge in [0.25, 0.3) is 0 Å². The number of urea groups is 1. The third-order valence-corrected chi connectivity index (χ3v) is 2.47. The average molecular weight is 234 g/mol. The minimum atomic E-state index is -0.852. The summed E-state index contributed by atoms with van der Waals surface area (Å²) in [5.41, 5.74) is 0.532. The van der Waals surface area contributed by atoms with Gasteiger partial charge in [-0.2, -0.15) is 0 Å². The van der Waals surface area contributed by atoms with Crippen LogP contribution in [0, 0.1) is 5.92 Å². The second-order valence-corrected chi connectivity index (χ2v) is 3.64. The van der Waals surface area contributed by atoms with Crippen molar-refractivity contribution in [3.8, 4) is 0 Å². The number of hydrogen-bond acceptors (Lipinski definition) is 5. The molecule has 1 saturated heterocycles. The SMILES string of the molecule is CC1C(=O)NC(=O)N(Cc2ccncn2)C1=O. The van der Waals surface area contributed by atoms with Crippen molar-refractivity contribution < 1.29 is 14.4 Å². The molecular formula is C10H10N4O3. The van der Waals surface area contributed by atoms with Crippen LogP contribution in [0.25, 0.3) is 0 Å². The van der Waals surface area contributed by atoms with Gasteiger partial charge in [-0.05, 0) is 13.0 Å². The van der Waals surface area contributed by atoms with E-state index in [9.17, 15) is 14.4 Å². The van der Waals surface area contributed by atoms with Gasteiger partial charge >= 0.3 is 6.03 Å². The zero-order valence-corrected chi connectivity index (χ0v) is 9.08. The maximum Gasteiger partial charge on any atom is 0.331 e. The monoisotopic (exact) mass is 234 g/mol. The first-order valence-electron chi connectivity index (χ1n) is 5.00. The molecule has 0 spiro atoms. The molecule has 2 heterocycles. The summed E-state index contributed by atoms with van der Waals surface area (Å²) in [6.45, 7) is 1.49. The molecule has 0 saturated carbocycles. The van der Waals surface area contributed by atoms with Crippen LogP contribution in [-0.4, -0.2) is 32.7 Å². The van der Waals surface area contributed by atoms with Crippen molar-refractivity contribution in [2.24, 2.45) is 5.92 Å². The maximum atomic E-state index is 11.8. The summed E-state index contributed by atoms with van der Waals surface area (Å²) in [4.78, 5) is 43.1. The fraction of sp³-hybridized carbons (Fsp3) is 0.300. The number of hydrogen-bond donors (Lipinski definition) is 1. The fourth-order valence-electron chi connectivity index (χ4n) is 1.45. The lowest BCUT2D eigenvalue weighted by Gasteiger charge is -2.27. The Morgan fingerprint density at radius 3 is 2.82 bits per heavy atom. The van der Waals surface area contributed by atoms with Gasteiger partial charge in [0.1, 0.15) is 12.2 Å². The van der Waals surface area contributed by atoms with E-state index in [4.69, 9.17) is 0 Å². The molecular weight excluding hydrogens is 224 g/mol. The molecule has 0 aliphatic carbocycles. The Labute approximate surface area is 96.8 Å². The number of imide groups is 2. The third-order valence-electron chi connectivity index (χ3n) is 2.47. The van der Waals surface area contributed by atoms with Crippen LogP contribution in [0.4, 0.5) is 4.79 Å². The molecule has 1 aliphatic heterocycles. The largest absolute Gasteiger partial charge is 0.331 e. The van der Waals surface area contributed by atoms with Crippen molar-refractivity contribution in [2.45, 2.75) is 13.5 Å². The lowest BCUT2D eigenvalue weighted by Crippen LogP contribution is -2.56. The Kier molecular flexibility index (Phi) is 2.82. The second-order valence-electron chi connectivity index (χ2n) is 3.64. The molecule has 17 heavy (non-hydrogen) atoms. The normalized spacial score (nSPS) is 20.4. The highest BCUT2D eigenvalue weighted by Gasteiger charge is 2.37. The minimum Gasteiger partial charge on any atom is -0.277 e. The van der Waals surface area contributed by atoms with Gasteiger partial charge < -0.3 is 0 Å². The maximum absolute atomic E-state index is 11.8. The van der Waals surface area contributed by atoms with Crippen molar-refractivity contribution in [1.29, 1.82) is 0 Å². The van der Waals surface area contributed by atoms with Gasteiger partial charge in [0, 0.05) is 6.20 Å². The number of rotatable bonds is 2. The van der Waals surface area contributed by atoms with Crippen LogP contribution in [-0.2, 0) is 16.1 Å². The molecule has 1 aliphatic rings. The predicted octanol–water partition coefficient (Wildman–Crippen LogP) is -0.309. The molecule has 0 bridgehead atoms. The highest BCUT2D eigenvalue weighted by Crippen LogP contribution is 2.12. The summed E-state index contributed by atoms with van der Waals surface area (Å²) in [5, 5.41) is 2.11. The van der Waals surface area contributed by atoms with Crippen molar-refractivity contribution in [3.05, 3.63) is 24.3 Å². The van der Waals surface area contributed by atoms with Gasteiger partial charge in [0.15, 0.2) is 0 Å². The van der Waals surface area contributed by atoms with E-state index in [1.807, 2.05) is 0 Å². The van der Waals surface area contributed by atoms with E-state index in [1.54, 1.807) is 6.07 Å². The minimum absolute atomic E-state index is 0.0325. The van der Waals surface area contributed by atoms with Gasteiger partial charge in [-0.25, -0.2) is 14.8 Å². The molecule has 0 aromatic carbocycles. The van der Waals surface area contributed by atoms with Crippen molar-refractivity contribution in [1.82, 2.24) is 20.2 Å². The Bertz CT molecular complexity index is 474. The average Bonchev–Trinajstić information content (AvgIpc) is 2.33. The van der Waals surface area contributed by atoms with E-state index in [0.29, 0.717) is 5.69 Å². The van der Waals surface area contributed by atoms with Crippen LogP contribution in [0.3, 0.4) is 0 Å². The van der Waals surface area contributed by atoms with Crippen molar-refractivity contribution in [3.63, 3.8) is 0 Å². The topological polar surface area (TPSA) is 92.3 Å². The smallest absolute Gasteiger partial charge is 0.277 e. The molecule has 1 unspecified atom stereocenters. The molecule has 7 heteroatoms. The lowest BCUT2D eigenvalue weighted by molar-refractivity contribution is -0.142.